The maximum Gasteiger partial charge on any atom is 0.180 e. The van der Waals surface area contributed by atoms with Crippen LogP contribution >= 0.6 is 23.7 Å². The molecule has 1 aromatic rings. The molecule has 1 heterocycles. The molecule has 3 N–H and O–H groups in total. The van der Waals surface area contributed by atoms with Crippen LogP contribution < -0.4 is 11.1 Å². The van der Waals surface area contributed by atoms with Gasteiger partial charge in [-0.05, 0) is 19.8 Å². The van der Waals surface area contributed by atoms with E-state index in [9.17, 15) is 0 Å². The monoisotopic (exact) mass is 247 g/mol. The van der Waals surface area contributed by atoms with Crippen molar-refractivity contribution in [1.82, 2.24) is 10.3 Å². The van der Waals surface area contributed by atoms with Gasteiger partial charge in [-0.1, -0.05) is 12.8 Å². The lowest BCUT2D eigenvalue weighted by atomic mass is 10.0. The van der Waals surface area contributed by atoms with E-state index in [0.29, 0.717) is 10.7 Å². The van der Waals surface area contributed by atoms with Crippen molar-refractivity contribution in [1.29, 1.82) is 0 Å². The third-order valence-electron chi connectivity index (χ3n) is 2.97. The lowest BCUT2D eigenvalue weighted by Crippen LogP contribution is -2.38. The molecule has 0 unspecified atom stereocenters. The Morgan fingerprint density at radius 3 is 2.73 bits per heavy atom. The van der Waals surface area contributed by atoms with Crippen molar-refractivity contribution >= 4 is 28.9 Å². The minimum Gasteiger partial charge on any atom is -0.375 e. The average Bonchev–Trinajstić information content (AvgIpc) is 2.73. The number of nitrogens with two attached hydrogens (primary N) is 1. The minimum absolute atomic E-state index is 0. The largest absolute Gasteiger partial charge is 0.375 e. The molecule has 0 bridgehead atoms. The van der Waals surface area contributed by atoms with E-state index >= 15 is 0 Å². The zero-order chi connectivity index (χ0) is 10.0. The smallest absolute Gasteiger partial charge is 0.180 e. The van der Waals surface area contributed by atoms with Crippen LogP contribution in [0.2, 0.25) is 0 Å². The van der Waals surface area contributed by atoms with Crippen molar-refractivity contribution < 1.29 is 0 Å². The Morgan fingerprint density at radius 2 is 2.20 bits per heavy atom. The molecule has 3 nitrogen and oxygen atoms in total. The molecule has 5 heteroatoms. The molecule has 0 aliphatic heterocycles. The molecule has 1 fully saturated rings. The molecule has 86 valence electrons. The predicted octanol–water partition coefficient (Wildman–Crippen LogP) is 2.57. The molecule has 1 aromatic heterocycles. The van der Waals surface area contributed by atoms with E-state index in [1.807, 2.05) is 6.20 Å². The predicted molar refractivity (Wildman–Crippen MR) is 67.5 cm³/mol. The zero-order valence-electron chi connectivity index (χ0n) is 8.95. The van der Waals surface area contributed by atoms with Gasteiger partial charge in [0.1, 0.15) is 0 Å². The lowest BCUT2D eigenvalue weighted by Gasteiger charge is -2.24. The third-order valence-corrected chi connectivity index (χ3v) is 3.79. The Bertz CT molecular complexity index is 307. The van der Waals surface area contributed by atoms with Gasteiger partial charge in [0.15, 0.2) is 5.13 Å². The summed E-state index contributed by atoms with van der Waals surface area (Å²) in [6.07, 6.45) is 7.16. The van der Waals surface area contributed by atoms with Gasteiger partial charge in [-0.3, -0.25) is 0 Å². The van der Waals surface area contributed by atoms with Crippen molar-refractivity contribution in [3.8, 4) is 0 Å². The van der Waals surface area contributed by atoms with E-state index in [-0.39, 0.29) is 12.4 Å². The fraction of sp³-hybridized carbons (Fsp3) is 0.700. The van der Waals surface area contributed by atoms with Crippen molar-refractivity contribution in [2.24, 2.45) is 0 Å². The SMILES string of the molecule is CC1(NCc2cnc(N)s2)CCCC1.Cl. The molecule has 1 saturated carbocycles. The molecule has 0 atom stereocenters. The van der Waals surface area contributed by atoms with Crippen molar-refractivity contribution in [3.05, 3.63) is 11.1 Å². The van der Waals surface area contributed by atoms with E-state index < -0.39 is 0 Å². The molecule has 0 aromatic carbocycles. The number of anilines is 1. The molecular weight excluding hydrogens is 230 g/mol. The molecular formula is C10H18ClN3S. The first-order valence-electron chi connectivity index (χ1n) is 5.13. The molecule has 0 amide bonds. The number of thiazole rings is 1. The summed E-state index contributed by atoms with van der Waals surface area (Å²) in [5.41, 5.74) is 5.92. The van der Waals surface area contributed by atoms with E-state index in [1.54, 1.807) is 11.3 Å². The first kappa shape index (κ1) is 12.7. The maximum atomic E-state index is 5.57. The summed E-state index contributed by atoms with van der Waals surface area (Å²) in [7, 11) is 0. The van der Waals surface area contributed by atoms with E-state index in [1.165, 1.54) is 30.6 Å². The summed E-state index contributed by atoms with van der Waals surface area (Å²) in [5, 5.41) is 4.27. The Labute approximate surface area is 101 Å². The number of hydrogen-bond donors (Lipinski definition) is 2. The van der Waals surface area contributed by atoms with Gasteiger partial charge in [-0.25, -0.2) is 4.98 Å². The van der Waals surface area contributed by atoms with E-state index in [2.05, 4.69) is 17.2 Å². The molecule has 0 spiro atoms. The van der Waals surface area contributed by atoms with Gasteiger partial charge in [-0.15, -0.1) is 23.7 Å². The van der Waals surface area contributed by atoms with Crippen LogP contribution in [0.25, 0.3) is 0 Å². The number of aromatic nitrogens is 1. The Kier molecular flexibility index (Phi) is 4.37. The number of hydrogen-bond acceptors (Lipinski definition) is 4. The number of nitrogens with zero attached hydrogens (tertiary/aromatic N) is 1. The highest BCUT2D eigenvalue weighted by Gasteiger charge is 2.27. The van der Waals surface area contributed by atoms with Crippen molar-refractivity contribution in [2.75, 3.05) is 5.73 Å². The van der Waals surface area contributed by atoms with Crippen LogP contribution in [0.4, 0.5) is 5.13 Å². The van der Waals surface area contributed by atoms with E-state index in [4.69, 9.17) is 5.73 Å². The van der Waals surface area contributed by atoms with Gasteiger partial charge < -0.3 is 11.1 Å². The summed E-state index contributed by atoms with van der Waals surface area (Å²) in [4.78, 5) is 5.27. The maximum absolute atomic E-state index is 5.57. The summed E-state index contributed by atoms with van der Waals surface area (Å²) in [5.74, 6) is 0. The molecule has 2 rings (SSSR count). The average molecular weight is 248 g/mol. The summed E-state index contributed by atoms with van der Waals surface area (Å²) >= 11 is 1.57. The second-order valence-corrected chi connectivity index (χ2v) is 5.43. The van der Waals surface area contributed by atoms with E-state index in [0.717, 1.165) is 6.54 Å². The summed E-state index contributed by atoms with van der Waals surface area (Å²) < 4.78 is 0. The first-order valence-corrected chi connectivity index (χ1v) is 5.95. The highest BCUT2D eigenvalue weighted by Crippen LogP contribution is 2.29. The number of nitrogens with one attached hydrogen (secondary N) is 1. The van der Waals surface area contributed by atoms with Crippen LogP contribution in [0.3, 0.4) is 0 Å². The van der Waals surface area contributed by atoms with Crippen LogP contribution in [-0.2, 0) is 6.54 Å². The topological polar surface area (TPSA) is 50.9 Å². The fourth-order valence-electron chi connectivity index (χ4n) is 2.04. The zero-order valence-corrected chi connectivity index (χ0v) is 10.6. The standard InChI is InChI=1S/C10H17N3S.ClH/c1-10(4-2-3-5-10)13-7-8-6-12-9(11)14-8;/h6,13H,2-5,7H2,1H3,(H2,11,12);1H. The highest BCUT2D eigenvalue weighted by atomic mass is 35.5. The molecule has 15 heavy (non-hydrogen) atoms. The number of nitrogen functional groups attached to an aromatic ring is 1. The lowest BCUT2D eigenvalue weighted by molar-refractivity contribution is 0.364. The van der Waals surface area contributed by atoms with Crippen molar-refractivity contribution in [2.45, 2.75) is 44.7 Å². The second-order valence-electron chi connectivity index (χ2n) is 4.29. The molecule has 1 aliphatic carbocycles. The first-order chi connectivity index (χ1) is 6.68. The van der Waals surface area contributed by atoms with Gasteiger partial charge in [0.05, 0.1) is 0 Å². The van der Waals surface area contributed by atoms with Gasteiger partial charge in [0.2, 0.25) is 0 Å². The third kappa shape index (κ3) is 3.33. The molecule has 1 aliphatic rings. The Hall–Kier alpha value is -0.320. The fourth-order valence-corrected chi connectivity index (χ4v) is 2.66. The highest BCUT2D eigenvalue weighted by molar-refractivity contribution is 7.15. The van der Waals surface area contributed by atoms with Crippen LogP contribution in [0, 0.1) is 0 Å². The van der Waals surface area contributed by atoms with Crippen LogP contribution in [-0.4, -0.2) is 10.5 Å². The molecule has 0 saturated heterocycles. The van der Waals surface area contributed by atoms with Gasteiger partial charge in [0.25, 0.3) is 0 Å². The van der Waals surface area contributed by atoms with Gasteiger partial charge >= 0.3 is 0 Å². The quantitative estimate of drug-likeness (QED) is 0.863. The summed E-state index contributed by atoms with van der Waals surface area (Å²) in [6.45, 7) is 3.22. The van der Waals surface area contributed by atoms with Crippen LogP contribution in [0.5, 0.6) is 0 Å². The minimum atomic E-state index is 0. The van der Waals surface area contributed by atoms with Gasteiger partial charge in [0, 0.05) is 23.2 Å². The van der Waals surface area contributed by atoms with Gasteiger partial charge in [-0.2, -0.15) is 0 Å². The number of rotatable bonds is 3. The number of halogens is 1. The Morgan fingerprint density at radius 1 is 1.53 bits per heavy atom. The molecule has 0 radical (unpaired) electrons. The van der Waals surface area contributed by atoms with Crippen LogP contribution in [0.1, 0.15) is 37.5 Å². The van der Waals surface area contributed by atoms with Crippen molar-refractivity contribution in [3.63, 3.8) is 0 Å². The second kappa shape index (κ2) is 5.14. The summed E-state index contributed by atoms with van der Waals surface area (Å²) in [6, 6.07) is 0. The normalized spacial score (nSPS) is 18.7. The van der Waals surface area contributed by atoms with Crippen LogP contribution in [0.15, 0.2) is 6.20 Å². The Balaban J connectivity index is 0.00000112.